The second-order valence-corrected chi connectivity index (χ2v) is 7.69. The highest BCUT2D eigenvalue weighted by Crippen LogP contribution is 2.26. The molecule has 1 aromatic carbocycles. The molecular formula is C20H27N3O3. The van der Waals surface area contributed by atoms with Gasteiger partial charge in [0.05, 0.1) is 6.61 Å². The van der Waals surface area contributed by atoms with Crippen LogP contribution in [0.2, 0.25) is 0 Å². The van der Waals surface area contributed by atoms with Crippen molar-refractivity contribution in [1.82, 2.24) is 9.88 Å². The topological polar surface area (TPSA) is 77.7 Å². The van der Waals surface area contributed by atoms with Gasteiger partial charge in [-0.15, -0.1) is 0 Å². The summed E-state index contributed by atoms with van der Waals surface area (Å²) >= 11 is 0. The molecule has 1 aromatic heterocycles. The third kappa shape index (κ3) is 4.36. The van der Waals surface area contributed by atoms with Crippen LogP contribution in [0.4, 0.5) is 10.6 Å². The number of benzene rings is 1. The average Bonchev–Trinajstić information content (AvgIpc) is 3.02. The molecule has 3 rings (SSSR count). The lowest BCUT2D eigenvalue weighted by molar-refractivity contribution is 0.0211. The van der Waals surface area contributed by atoms with Crippen LogP contribution in [0.15, 0.2) is 30.5 Å². The van der Waals surface area contributed by atoms with Gasteiger partial charge in [-0.25, -0.2) is 9.78 Å². The number of carbonyl (C=O) groups excluding carboxylic acids is 1. The van der Waals surface area contributed by atoms with Crippen molar-refractivity contribution in [2.24, 2.45) is 0 Å². The van der Waals surface area contributed by atoms with E-state index in [1.54, 1.807) is 6.20 Å². The summed E-state index contributed by atoms with van der Waals surface area (Å²) < 4.78 is 11.4. The fourth-order valence-electron chi connectivity index (χ4n) is 3.28. The van der Waals surface area contributed by atoms with E-state index in [1.165, 1.54) is 0 Å². The Morgan fingerprint density at radius 2 is 2.15 bits per heavy atom. The zero-order valence-electron chi connectivity index (χ0n) is 15.7. The third-order valence-corrected chi connectivity index (χ3v) is 4.49. The first-order valence-corrected chi connectivity index (χ1v) is 9.10. The first kappa shape index (κ1) is 18.3. The summed E-state index contributed by atoms with van der Waals surface area (Å²) in [5.41, 5.74) is 5.41. The van der Waals surface area contributed by atoms with E-state index >= 15 is 0 Å². The highest BCUT2D eigenvalue weighted by atomic mass is 16.6. The van der Waals surface area contributed by atoms with Gasteiger partial charge >= 0.3 is 6.09 Å². The van der Waals surface area contributed by atoms with Gasteiger partial charge in [0, 0.05) is 30.6 Å². The first-order valence-electron chi connectivity index (χ1n) is 9.10. The summed E-state index contributed by atoms with van der Waals surface area (Å²) in [5, 5.41) is 1.93. The van der Waals surface area contributed by atoms with Gasteiger partial charge in [-0.2, -0.15) is 0 Å². The number of fused-ring (bicyclic) bond motifs is 1. The zero-order valence-corrected chi connectivity index (χ0v) is 15.7. The summed E-state index contributed by atoms with van der Waals surface area (Å²) in [5.74, 6) is 1.32. The molecule has 6 nitrogen and oxygen atoms in total. The normalized spacial score (nSPS) is 17.5. The van der Waals surface area contributed by atoms with Gasteiger partial charge in [-0.1, -0.05) is 0 Å². The van der Waals surface area contributed by atoms with Crippen molar-refractivity contribution in [1.29, 1.82) is 0 Å². The maximum atomic E-state index is 12.3. The van der Waals surface area contributed by atoms with Gasteiger partial charge in [0.15, 0.2) is 0 Å². The Hall–Kier alpha value is -2.50. The molecule has 2 aromatic rings. The summed E-state index contributed by atoms with van der Waals surface area (Å²) in [6, 6.07) is 7.88. The maximum absolute atomic E-state index is 12.3. The van der Waals surface area contributed by atoms with Crippen molar-refractivity contribution in [2.75, 3.05) is 18.9 Å². The van der Waals surface area contributed by atoms with Crippen molar-refractivity contribution in [2.45, 2.75) is 51.7 Å². The molecule has 1 saturated heterocycles. The number of hydrogen-bond donors (Lipinski definition) is 1. The Kier molecular flexibility index (Phi) is 5.20. The molecule has 1 fully saturated rings. The van der Waals surface area contributed by atoms with E-state index in [2.05, 4.69) is 4.98 Å². The number of pyridine rings is 1. The van der Waals surface area contributed by atoms with Crippen molar-refractivity contribution >= 4 is 22.7 Å². The number of aromatic nitrogens is 1. The number of hydrogen-bond acceptors (Lipinski definition) is 5. The molecule has 1 amide bonds. The number of nitrogens with zero attached hydrogens (tertiary/aromatic N) is 2. The van der Waals surface area contributed by atoms with Gasteiger partial charge < -0.3 is 20.1 Å². The Balaban J connectivity index is 1.56. The highest BCUT2D eigenvalue weighted by Gasteiger charge is 2.31. The molecule has 2 heterocycles. The number of ether oxygens (including phenoxy) is 2. The average molecular weight is 357 g/mol. The van der Waals surface area contributed by atoms with Crippen LogP contribution in [-0.4, -0.2) is 40.8 Å². The second-order valence-electron chi connectivity index (χ2n) is 7.69. The predicted molar refractivity (Wildman–Crippen MR) is 102 cm³/mol. The standard InChI is InChI=1S/C20H27N3O3/c1-20(2,3)26-19(24)23-11-4-5-15(23)9-12-25-16-6-7-17-14(13-16)8-10-22-18(17)21/h6-8,10,13,15H,4-5,9,11-12H2,1-3H3,(H2,21,22)/t15-/m0/s1. The molecule has 140 valence electrons. The van der Waals surface area contributed by atoms with E-state index in [0.717, 1.165) is 42.3 Å². The molecule has 1 aliphatic rings. The number of carbonyl (C=O) groups is 1. The van der Waals surface area contributed by atoms with E-state index in [-0.39, 0.29) is 12.1 Å². The lowest BCUT2D eigenvalue weighted by Gasteiger charge is -2.28. The van der Waals surface area contributed by atoms with Crippen molar-refractivity contribution in [3.63, 3.8) is 0 Å². The Labute approximate surface area is 154 Å². The summed E-state index contributed by atoms with van der Waals surface area (Å²) in [6.45, 7) is 6.97. The minimum atomic E-state index is -0.470. The van der Waals surface area contributed by atoms with Gasteiger partial charge in [0.25, 0.3) is 0 Å². The molecular weight excluding hydrogens is 330 g/mol. The van der Waals surface area contributed by atoms with Gasteiger partial charge in [-0.05, 0) is 63.3 Å². The number of likely N-dealkylation sites (tertiary alicyclic amines) is 1. The lowest BCUT2D eigenvalue weighted by Crippen LogP contribution is -2.40. The number of nitrogen functional groups attached to an aromatic ring is 1. The van der Waals surface area contributed by atoms with E-state index < -0.39 is 5.60 Å². The SMILES string of the molecule is CC(C)(C)OC(=O)N1CCC[C@H]1CCOc1ccc2c(N)nccc2c1. The number of rotatable bonds is 4. The maximum Gasteiger partial charge on any atom is 0.410 e. The van der Waals surface area contributed by atoms with E-state index in [0.29, 0.717) is 12.4 Å². The van der Waals surface area contributed by atoms with Crippen LogP contribution < -0.4 is 10.5 Å². The van der Waals surface area contributed by atoms with E-state index in [9.17, 15) is 4.79 Å². The Morgan fingerprint density at radius 1 is 1.35 bits per heavy atom. The molecule has 0 unspecified atom stereocenters. The molecule has 6 heteroatoms. The minimum Gasteiger partial charge on any atom is -0.493 e. The molecule has 0 spiro atoms. The molecule has 1 aliphatic heterocycles. The minimum absolute atomic E-state index is 0.171. The summed E-state index contributed by atoms with van der Waals surface area (Å²) in [7, 11) is 0. The first-order chi connectivity index (χ1) is 12.3. The molecule has 1 atom stereocenters. The van der Waals surface area contributed by atoms with Gasteiger partial charge in [0.2, 0.25) is 0 Å². The van der Waals surface area contributed by atoms with Crippen LogP contribution >= 0.6 is 0 Å². The predicted octanol–water partition coefficient (Wildman–Crippen LogP) is 3.99. The molecule has 0 saturated carbocycles. The fourth-order valence-corrected chi connectivity index (χ4v) is 3.28. The Morgan fingerprint density at radius 3 is 2.92 bits per heavy atom. The largest absolute Gasteiger partial charge is 0.493 e. The van der Waals surface area contributed by atoms with Crippen LogP contribution in [0.25, 0.3) is 10.8 Å². The molecule has 2 N–H and O–H groups in total. The van der Waals surface area contributed by atoms with E-state index in [1.807, 2.05) is 49.9 Å². The second kappa shape index (κ2) is 7.40. The fraction of sp³-hybridized carbons (Fsp3) is 0.500. The number of anilines is 1. The third-order valence-electron chi connectivity index (χ3n) is 4.49. The smallest absolute Gasteiger partial charge is 0.410 e. The molecule has 0 radical (unpaired) electrons. The Bertz CT molecular complexity index is 785. The van der Waals surface area contributed by atoms with Gasteiger partial charge in [0.1, 0.15) is 17.2 Å². The highest BCUT2D eigenvalue weighted by molar-refractivity contribution is 5.91. The van der Waals surface area contributed by atoms with Crippen LogP contribution in [0.5, 0.6) is 5.75 Å². The lowest BCUT2D eigenvalue weighted by atomic mass is 10.1. The summed E-state index contributed by atoms with van der Waals surface area (Å²) in [6.07, 6.45) is 4.25. The van der Waals surface area contributed by atoms with Gasteiger partial charge in [-0.3, -0.25) is 0 Å². The molecule has 26 heavy (non-hydrogen) atoms. The zero-order chi connectivity index (χ0) is 18.7. The molecule has 0 aliphatic carbocycles. The van der Waals surface area contributed by atoms with Crippen molar-refractivity contribution in [3.05, 3.63) is 30.5 Å². The van der Waals surface area contributed by atoms with Crippen LogP contribution in [-0.2, 0) is 4.74 Å². The van der Waals surface area contributed by atoms with E-state index in [4.69, 9.17) is 15.2 Å². The summed E-state index contributed by atoms with van der Waals surface area (Å²) in [4.78, 5) is 18.3. The number of amides is 1. The van der Waals surface area contributed by atoms with Crippen LogP contribution in [0.1, 0.15) is 40.0 Å². The van der Waals surface area contributed by atoms with Crippen molar-refractivity contribution in [3.8, 4) is 5.75 Å². The van der Waals surface area contributed by atoms with Crippen LogP contribution in [0.3, 0.4) is 0 Å². The molecule has 0 bridgehead atoms. The quantitative estimate of drug-likeness (QED) is 0.895. The monoisotopic (exact) mass is 357 g/mol. The van der Waals surface area contributed by atoms with Crippen molar-refractivity contribution < 1.29 is 14.3 Å². The van der Waals surface area contributed by atoms with Crippen LogP contribution in [0, 0.1) is 0 Å². The number of nitrogens with two attached hydrogens (primary N) is 1.